The van der Waals surface area contributed by atoms with Crippen LogP contribution in [-0.4, -0.2) is 17.0 Å². The summed E-state index contributed by atoms with van der Waals surface area (Å²) in [5, 5.41) is 10.5. The van der Waals surface area contributed by atoms with E-state index in [-0.39, 0.29) is 11.5 Å². The first-order valence-electron chi connectivity index (χ1n) is 9.57. The monoisotopic (exact) mass is 304 g/mol. The van der Waals surface area contributed by atoms with E-state index in [4.69, 9.17) is 0 Å². The highest BCUT2D eigenvalue weighted by Crippen LogP contribution is 2.66. The van der Waals surface area contributed by atoms with Crippen LogP contribution < -0.4 is 0 Å². The minimum Gasteiger partial charge on any atom is -0.393 e. The summed E-state index contributed by atoms with van der Waals surface area (Å²) in [6.07, 6.45) is 8.84. The summed E-state index contributed by atoms with van der Waals surface area (Å²) in [6, 6.07) is 0. The summed E-state index contributed by atoms with van der Waals surface area (Å²) in [7, 11) is 0. The molecule has 4 saturated carbocycles. The summed E-state index contributed by atoms with van der Waals surface area (Å²) in [4.78, 5) is 12.1. The fourth-order valence-corrected chi connectivity index (χ4v) is 7.45. The zero-order chi connectivity index (χ0) is 15.7. The molecule has 0 spiro atoms. The van der Waals surface area contributed by atoms with Crippen molar-refractivity contribution in [3.8, 4) is 0 Å². The summed E-state index contributed by atoms with van der Waals surface area (Å²) >= 11 is 0. The Hall–Kier alpha value is -0.370. The Morgan fingerprint density at radius 2 is 1.77 bits per heavy atom. The smallest absolute Gasteiger partial charge is 0.133 e. The number of rotatable bonds is 0. The van der Waals surface area contributed by atoms with Crippen molar-refractivity contribution in [1.82, 2.24) is 0 Å². The molecule has 1 N–H and O–H groups in total. The van der Waals surface area contributed by atoms with Gasteiger partial charge in [0.05, 0.1) is 6.10 Å². The van der Waals surface area contributed by atoms with E-state index >= 15 is 0 Å². The molecule has 0 radical (unpaired) electrons. The van der Waals surface area contributed by atoms with E-state index in [1.54, 1.807) is 0 Å². The first kappa shape index (κ1) is 15.2. The van der Waals surface area contributed by atoms with Gasteiger partial charge in [0.25, 0.3) is 0 Å². The molecule has 4 rings (SSSR count). The molecule has 0 aromatic rings. The predicted molar refractivity (Wildman–Crippen MR) is 87.3 cm³/mol. The minimum atomic E-state index is -0.0747. The van der Waals surface area contributed by atoms with Gasteiger partial charge in [-0.15, -0.1) is 0 Å². The quantitative estimate of drug-likeness (QED) is 0.728. The molecule has 8 atom stereocenters. The molecule has 0 saturated heterocycles. The molecule has 4 fully saturated rings. The van der Waals surface area contributed by atoms with Crippen LogP contribution in [0.3, 0.4) is 0 Å². The summed E-state index contributed by atoms with van der Waals surface area (Å²) in [5.41, 5.74) is 0.545. The first-order valence-corrected chi connectivity index (χ1v) is 9.57. The number of ketones is 1. The second-order valence-corrected chi connectivity index (χ2v) is 9.50. The van der Waals surface area contributed by atoms with E-state index in [2.05, 4.69) is 20.8 Å². The van der Waals surface area contributed by atoms with Crippen molar-refractivity contribution in [1.29, 1.82) is 0 Å². The molecule has 4 aliphatic rings. The van der Waals surface area contributed by atoms with Crippen LogP contribution in [0.15, 0.2) is 0 Å². The fraction of sp³-hybridized carbons (Fsp3) is 0.950. The lowest BCUT2D eigenvalue weighted by molar-refractivity contribution is -0.154. The third-order valence-corrected chi connectivity index (χ3v) is 8.98. The number of aliphatic hydroxyl groups is 1. The molecule has 4 aliphatic carbocycles. The molecule has 0 aromatic heterocycles. The largest absolute Gasteiger partial charge is 0.393 e. The normalized spacial score (nSPS) is 57.9. The van der Waals surface area contributed by atoms with E-state index in [0.29, 0.717) is 23.0 Å². The fourth-order valence-electron chi connectivity index (χ4n) is 7.45. The van der Waals surface area contributed by atoms with Gasteiger partial charge in [0.2, 0.25) is 0 Å². The second kappa shape index (κ2) is 4.82. The number of fused-ring (bicyclic) bond motifs is 5. The van der Waals surface area contributed by atoms with Gasteiger partial charge in [-0.05, 0) is 78.9 Å². The van der Waals surface area contributed by atoms with Crippen molar-refractivity contribution in [3.05, 3.63) is 0 Å². The van der Waals surface area contributed by atoms with E-state index in [0.717, 1.165) is 37.0 Å². The lowest BCUT2D eigenvalue weighted by Gasteiger charge is -2.62. The lowest BCUT2D eigenvalue weighted by atomic mass is 9.43. The topological polar surface area (TPSA) is 37.3 Å². The van der Waals surface area contributed by atoms with Gasteiger partial charge in [0.1, 0.15) is 5.78 Å². The van der Waals surface area contributed by atoms with Crippen LogP contribution in [0.1, 0.15) is 72.1 Å². The molecule has 0 amide bonds. The standard InChI is InChI=1S/C20H32O2/c1-12-10-14(21)11-13-4-5-15-16-6-7-18(22)19(16,2)9-8-17(15)20(12,13)3/h12-13,15-18,22H,4-11H2,1-3H3/t12-,13?,15-,16-,17-,18-,19-,20-/m0/s1. The van der Waals surface area contributed by atoms with Crippen LogP contribution in [0.4, 0.5) is 0 Å². The molecule has 1 unspecified atom stereocenters. The molecule has 22 heavy (non-hydrogen) atoms. The van der Waals surface area contributed by atoms with E-state index in [1.807, 2.05) is 0 Å². The highest BCUT2D eigenvalue weighted by Gasteiger charge is 2.61. The van der Waals surface area contributed by atoms with Gasteiger partial charge >= 0.3 is 0 Å². The zero-order valence-corrected chi connectivity index (χ0v) is 14.5. The first-order chi connectivity index (χ1) is 10.4. The average molecular weight is 304 g/mol. The van der Waals surface area contributed by atoms with Gasteiger partial charge < -0.3 is 5.11 Å². The van der Waals surface area contributed by atoms with Crippen molar-refractivity contribution < 1.29 is 9.90 Å². The van der Waals surface area contributed by atoms with Crippen LogP contribution in [0.2, 0.25) is 0 Å². The molecule has 2 heteroatoms. The molecular weight excluding hydrogens is 272 g/mol. The van der Waals surface area contributed by atoms with Gasteiger partial charge in [-0.2, -0.15) is 0 Å². The molecule has 0 aromatic carbocycles. The minimum absolute atomic E-state index is 0.0747. The lowest BCUT2D eigenvalue weighted by Crippen LogP contribution is -2.56. The highest BCUT2D eigenvalue weighted by atomic mass is 16.3. The van der Waals surface area contributed by atoms with E-state index in [9.17, 15) is 9.90 Å². The van der Waals surface area contributed by atoms with Crippen LogP contribution >= 0.6 is 0 Å². The number of carbonyl (C=O) groups excluding carboxylic acids is 1. The highest BCUT2D eigenvalue weighted by molar-refractivity contribution is 5.80. The number of aliphatic hydroxyl groups excluding tert-OH is 1. The maximum Gasteiger partial charge on any atom is 0.133 e. The van der Waals surface area contributed by atoms with Gasteiger partial charge in [0, 0.05) is 12.8 Å². The Labute approximate surface area is 135 Å². The van der Waals surface area contributed by atoms with E-state index < -0.39 is 0 Å². The van der Waals surface area contributed by atoms with Crippen LogP contribution in [0.25, 0.3) is 0 Å². The Morgan fingerprint density at radius 3 is 2.55 bits per heavy atom. The summed E-state index contributed by atoms with van der Waals surface area (Å²) in [6.45, 7) is 7.21. The Kier molecular flexibility index (Phi) is 3.32. The molecule has 0 heterocycles. The Bertz CT molecular complexity index is 486. The molecular formula is C20H32O2. The average Bonchev–Trinajstić information content (AvgIpc) is 2.77. The van der Waals surface area contributed by atoms with Crippen molar-refractivity contribution in [2.24, 2.45) is 40.4 Å². The van der Waals surface area contributed by atoms with Crippen LogP contribution in [-0.2, 0) is 4.79 Å². The molecule has 124 valence electrons. The Morgan fingerprint density at radius 1 is 1.00 bits per heavy atom. The third-order valence-electron chi connectivity index (χ3n) is 8.98. The number of hydrogen-bond acceptors (Lipinski definition) is 2. The van der Waals surface area contributed by atoms with Gasteiger partial charge in [0.15, 0.2) is 0 Å². The van der Waals surface area contributed by atoms with Gasteiger partial charge in [-0.25, -0.2) is 0 Å². The van der Waals surface area contributed by atoms with Crippen LogP contribution in [0, 0.1) is 40.4 Å². The number of carbonyl (C=O) groups is 1. The van der Waals surface area contributed by atoms with Crippen molar-refractivity contribution in [2.45, 2.75) is 78.2 Å². The predicted octanol–water partition coefficient (Wildman–Crippen LogP) is 4.21. The SMILES string of the molecule is C[C@H]1CC(=O)CC2CC[C@H]3[C@@H]4CC[C@H](O)[C@@]4(C)CC[C@@H]3[C@]21C. The van der Waals surface area contributed by atoms with Crippen LogP contribution in [0.5, 0.6) is 0 Å². The van der Waals surface area contributed by atoms with Gasteiger partial charge in [-0.3, -0.25) is 4.79 Å². The maximum absolute atomic E-state index is 12.1. The van der Waals surface area contributed by atoms with Crippen molar-refractivity contribution in [2.75, 3.05) is 0 Å². The third kappa shape index (κ3) is 1.79. The molecule has 0 bridgehead atoms. The summed E-state index contributed by atoms with van der Waals surface area (Å²) in [5.74, 6) is 3.99. The summed E-state index contributed by atoms with van der Waals surface area (Å²) < 4.78 is 0. The van der Waals surface area contributed by atoms with Gasteiger partial charge in [-0.1, -0.05) is 20.8 Å². The zero-order valence-electron chi connectivity index (χ0n) is 14.5. The maximum atomic E-state index is 12.1. The molecule has 0 aliphatic heterocycles. The van der Waals surface area contributed by atoms with Crippen molar-refractivity contribution >= 4 is 5.78 Å². The number of hydrogen-bond donors (Lipinski definition) is 1. The second-order valence-electron chi connectivity index (χ2n) is 9.50. The Balaban J connectivity index is 1.67. The number of Topliss-reactive ketones (excluding diaryl/α,β-unsaturated/α-hetero) is 1. The van der Waals surface area contributed by atoms with Crippen molar-refractivity contribution in [3.63, 3.8) is 0 Å². The van der Waals surface area contributed by atoms with E-state index in [1.165, 1.54) is 32.1 Å². The molecule has 2 nitrogen and oxygen atoms in total.